The van der Waals surface area contributed by atoms with Crippen molar-refractivity contribution in [2.45, 2.75) is 32.3 Å². The summed E-state index contributed by atoms with van der Waals surface area (Å²) in [6.07, 6.45) is 5.30. The fourth-order valence-electron chi connectivity index (χ4n) is 3.54. The Morgan fingerprint density at radius 2 is 1.88 bits per heavy atom. The van der Waals surface area contributed by atoms with E-state index in [1.165, 1.54) is 0 Å². The molecule has 1 aliphatic rings. The molecular weight excluding hydrogens is 314 g/mol. The van der Waals surface area contributed by atoms with E-state index < -0.39 is 6.10 Å². The molecule has 0 spiro atoms. The molecular formula is C21H23NO3. The topological polar surface area (TPSA) is 73.6 Å². The highest BCUT2D eigenvalue weighted by Gasteiger charge is 2.33. The Balaban J connectivity index is 2.09. The van der Waals surface area contributed by atoms with E-state index in [9.17, 15) is 15.3 Å². The number of aliphatic hydroxyl groups is 1. The predicted octanol–water partition coefficient (Wildman–Crippen LogP) is 4.15. The Morgan fingerprint density at radius 1 is 1.20 bits per heavy atom. The minimum Gasteiger partial charge on any atom is -0.507 e. The number of phenolic OH excluding ortho intramolecular Hbond substituents is 2. The second-order valence-electron chi connectivity index (χ2n) is 6.81. The van der Waals surface area contributed by atoms with Gasteiger partial charge in [-0.1, -0.05) is 24.3 Å². The lowest BCUT2D eigenvalue weighted by atomic mass is 9.72. The third-order valence-electron chi connectivity index (χ3n) is 4.98. The lowest BCUT2D eigenvalue weighted by molar-refractivity contribution is 0.168. The first kappa shape index (κ1) is 17.2. The Morgan fingerprint density at radius 3 is 2.44 bits per heavy atom. The van der Waals surface area contributed by atoms with Gasteiger partial charge in [-0.15, -0.1) is 0 Å². The molecule has 3 N–H and O–H groups in total. The molecule has 1 heterocycles. The summed E-state index contributed by atoms with van der Waals surface area (Å²) < 4.78 is 0. The van der Waals surface area contributed by atoms with Crippen molar-refractivity contribution < 1.29 is 15.3 Å². The normalized spacial score (nSPS) is 23.2. The van der Waals surface area contributed by atoms with Crippen molar-refractivity contribution in [1.29, 1.82) is 0 Å². The number of benzene rings is 1. The molecule has 0 radical (unpaired) electrons. The van der Waals surface area contributed by atoms with Crippen LogP contribution >= 0.6 is 0 Å². The molecule has 130 valence electrons. The van der Waals surface area contributed by atoms with Crippen molar-refractivity contribution in [2.24, 2.45) is 5.92 Å². The highest BCUT2D eigenvalue weighted by molar-refractivity contribution is 5.69. The predicted molar refractivity (Wildman–Crippen MR) is 98.4 cm³/mol. The number of aromatic nitrogens is 1. The number of aliphatic hydroxyl groups excluding tert-OH is 1. The summed E-state index contributed by atoms with van der Waals surface area (Å²) in [5.41, 5.74) is 3.77. The van der Waals surface area contributed by atoms with Gasteiger partial charge in [0.15, 0.2) is 0 Å². The summed E-state index contributed by atoms with van der Waals surface area (Å²) >= 11 is 0. The van der Waals surface area contributed by atoms with E-state index in [1.807, 2.05) is 32.1 Å². The number of allylic oxidation sites excluding steroid dienone is 2. The second kappa shape index (κ2) is 6.73. The molecule has 0 aliphatic heterocycles. The first-order valence-corrected chi connectivity index (χ1v) is 8.36. The monoisotopic (exact) mass is 337 g/mol. The molecule has 0 saturated heterocycles. The molecule has 0 saturated carbocycles. The van der Waals surface area contributed by atoms with E-state index in [0.29, 0.717) is 17.5 Å². The average Bonchev–Trinajstić information content (AvgIpc) is 2.57. The van der Waals surface area contributed by atoms with Gasteiger partial charge < -0.3 is 15.3 Å². The summed E-state index contributed by atoms with van der Waals surface area (Å²) in [5, 5.41) is 31.4. The van der Waals surface area contributed by atoms with Crippen molar-refractivity contribution in [2.75, 3.05) is 0 Å². The van der Waals surface area contributed by atoms with Gasteiger partial charge >= 0.3 is 0 Å². The maximum absolute atomic E-state index is 10.6. The number of hydrogen-bond donors (Lipinski definition) is 3. The van der Waals surface area contributed by atoms with Gasteiger partial charge in [-0.05, 0) is 55.5 Å². The van der Waals surface area contributed by atoms with Crippen LogP contribution in [0.2, 0.25) is 0 Å². The van der Waals surface area contributed by atoms with Crippen molar-refractivity contribution in [3.05, 3.63) is 66.0 Å². The van der Waals surface area contributed by atoms with E-state index in [4.69, 9.17) is 0 Å². The van der Waals surface area contributed by atoms with Gasteiger partial charge in [-0.3, -0.25) is 4.98 Å². The van der Waals surface area contributed by atoms with Crippen molar-refractivity contribution >= 4 is 0 Å². The van der Waals surface area contributed by atoms with E-state index >= 15 is 0 Å². The van der Waals surface area contributed by atoms with Crippen LogP contribution in [0.1, 0.15) is 31.7 Å². The number of hydrogen-bond acceptors (Lipinski definition) is 4. The molecule has 1 aliphatic carbocycles. The minimum absolute atomic E-state index is 0.0375. The quantitative estimate of drug-likeness (QED) is 0.736. The van der Waals surface area contributed by atoms with Crippen molar-refractivity contribution in [3.63, 3.8) is 0 Å². The van der Waals surface area contributed by atoms with Gasteiger partial charge in [0.2, 0.25) is 0 Å². The smallest absolute Gasteiger partial charge is 0.123 e. The second-order valence-corrected chi connectivity index (χ2v) is 6.81. The van der Waals surface area contributed by atoms with E-state index in [0.717, 1.165) is 16.7 Å². The van der Waals surface area contributed by atoms with E-state index in [2.05, 4.69) is 11.6 Å². The van der Waals surface area contributed by atoms with Gasteiger partial charge in [0.05, 0.1) is 6.10 Å². The van der Waals surface area contributed by atoms with Crippen LogP contribution in [0.4, 0.5) is 0 Å². The highest BCUT2D eigenvalue weighted by Crippen LogP contribution is 2.47. The Kier molecular flexibility index (Phi) is 4.64. The Labute approximate surface area is 147 Å². The first-order chi connectivity index (χ1) is 11.9. The number of aromatic hydroxyl groups is 2. The minimum atomic E-state index is -0.517. The number of pyridine rings is 1. The van der Waals surface area contributed by atoms with Gasteiger partial charge in [0, 0.05) is 29.4 Å². The van der Waals surface area contributed by atoms with Gasteiger partial charge in [-0.25, -0.2) is 0 Å². The van der Waals surface area contributed by atoms with Gasteiger partial charge in [-0.2, -0.15) is 0 Å². The molecule has 0 fully saturated rings. The molecule has 1 aromatic heterocycles. The van der Waals surface area contributed by atoms with Gasteiger partial charge in [0.1, 0.15) is 11.5 Å². The molecule has 25 heavy (non-hydrogen) atoms. The van der Waals surface area contributed by atoms with Crippen LogP contribution in [0.3, 0.4) is 0 Å². The van der Waals surface area contributed by atoms with Crippen LogP contribution in [-0.4, -0.2) is 26.4 Å². The molecule has 3 rings (SSSR count). The number of nitrogens with zero attached hydrogens (tertiary/aromatic N) is 1. The molecule has 0 bridgehead atoms. The average molecular weight is 337 g/mol. The third-order valence-corrected chi connectivity index (χ3v) is 4.98. The standard InChI is InChI=1S/C21H23NO3/c1-12(2)16-10-18(23)13(3)7-17(16)21-19(24)8-15(9-20(21)25)14-5-4-6-22-11-14/h4-9,11,16-18,23-25H,1,10H2,2-3H3/t16-,17+,18-/m0/s1. The molecule has 3 atom stereocenters. The Hall–Kier alpha value is -2.59. The maximum atomic E-state index is 10.6. The lowest BCUT2D eigenvalue weighted by Crippen LogP contribution is -2.26. The molecule has 4 nitrogen and oxygen atoms in total. The van der Waals surface area contributed by atoms with Crippen LogP contribution in [0.25, 0.3) is 11.1 Å². The fourth-order valence-corrected chi connectivity index (χ4v) is 3.54. The van der Waals surface area contributed by atoms with Gasteiger partial charge in [0.25, 0.3) is 0 Å². The highest BCUT2D eigenvalue weighted by atomic mass is 16.3. The maximum Gasteiger partial charge on any atom is 0.123 e. The molecule has 0 amide bonds. The molecule has 1 aromatic carbocycles. The fraction of sp³-hybridized carbons (Fsp3) is 0.286. The van der Waals surface area contributed by atoms with Crippen LogP contribution in [0.15, 0.2) is 60.5 Å². The molecule has 4 heteroatoms. The molecule has 2 aromatic rings. The summed E-state index contributed by atoms with van der Waals surface area (Å²) in [7, 11) is 0. The zero-order valence-electron chi connectivity index (χ0n) is 14.5. The SMILES string of the molecule is C=C(C)[C@@H]1C[C@H](O)C(C)=C[C@H]1c1c(O)cc(-c2cccnc2)cc1O. The summed E-state index contributed by atoms with van der Waals surface area (Å²) in [6, 6.07) is 6.98. The van der Waals surface area contributed by atoms with Crippen molar-refractivity contribution in [1.82, 2.24) is 4.98 Å². The summed E-state index contributed by atoms with van der Waals surface area (Å²) in [5.74, 6) is -0.185. The van der Waals surface area contributed by atoms with E-state index in [1.54, 1.807) is 24.5 Å². The van der Waals surface area contributed by atoms with Crippen molar-refractivity contribution in [3.8, 4) is 22.6 Å². The molecule has 0 unspecified atom stereocenters. The van der Waals surface area contributed by atoms with Crippen LogP contribution in [0.5, 0.6) is 11.5 Å². The summed E-state index contributed by atoms with van der Waals surface area (Å²) in [6.45, 7) is 7.81. The zero-order chi connectivity index (χ0) is 18.1. The third kappa shape index (κ3) is 3.30. The number of rotatable bonds is 3. The first-order valence-electron chi connectivity index (χ1n) is 8.36. The largest absolute Gasteiger partial charge is 0.507 e. The number of phenols is 2. The van der Waals surface area contributed by atoms with Crippen LogP contribution in [0, 0.1) is 5.92 Å². The van der Waals surface area contributed by atoms with Crippen LogP contribution in [-0.2, 0) is 0 Å². The van der Waals surface area contributed by atoms with Crippen LogP contribution < -0.4 is 0 Å². The van der Waals surface area contributed by atoms with E-state index in [-0.39, 0.29) is 23.3 Å². The zero-order valence-corrected chi connectivity index (χ0v) is 14.5. The Bertz CT molecular complexity index is 803. The summed E-state index contributed by atoms with van der Waals surface area (Å²) in [4.78, 5) is 4.07. The lowest BCUT2D eigenvalue weighted by Gasteiger charge is -2.34.